The molecule has 2 aromatic rings. The van der Waals surface area contributed by atoms with Gasteiger partial charge < -0.3 is 10.4 Å². The molecule has 0 saturated heterocycles. The van der Waals surface area contributed by atoms with Crippen LogP contribution in [0.15, 0.2) is 23.7 Å². The molecule has 0 atom stereocenters. The summed E-state index contributed by atoms with van der Waals surface area (Å²) >= 11 is 1.39. The number of nitrogens with zero attached hydrogens (tertiary/aromatic N) is 1. The molecule has 0 saturated carbocycles. The van der Waals surface area contributed by atoms with E-state index in [2.05, 4.69) is 10.3 Å². The summed E-state index contributed by atoms with van der Waals surface area (Å²) in [7, 11) is 0. The maximum absolute atomic E-state index is 12.6. The van der Waals surface area contributed by atoms with E-state index >= 15 is 0 Å². The van der Waals surface area contributed by atoms with Crippen LogP contribution in [0.4, 0.5) is 18.9 Å². The van der Waals surface area contributed by atoms with Crippen molar-refractivity contribution in [2.24, 2.45) is 0 Å². The molecule has 0 unspecified atom stereocenters. The van der Waals surface area contributed by atoms with E-state index in [4.69, 9.17) is 5.11 Å². The number of halogens is 3. The minimum Gasteiger partial charge on any atom is -0.478 e. The van der Waals surface area contributed by atoms with E-state index in [9.17, 15) is 18.0 Å². The van der Waals surface area contributed by atoms with Gasteiger partial charge in [0.25, 0.3) is 0 Å². The lowest BCUT2D eigenvalue weighted by molar-refractivity contribution is -0.137. The van der Waals surface area contributed by atoms with Gasteiger partial charge in [-0.05, 0) is 25.1 Å². The Morgan fingerprint density at radius 2 is 2.14 bits per heavy atom. The largest absolute Gasteiger partial charge is 0.478 e. The lowest BCUT2D eigenvalue weighted by Gasteiger charge is -2.12. The van der Waals surface area contributed by atoms with Crippen molar-refractivity contribution < 1.29 is 23.1 Å². The molecule has 21 heavy (non-hydrogen) atoms. The van der Waals surface area contributed by atoms with Crippen LogP contribution in [0.25, 0.3) is 0 Å². The fourth-order valence-electron chi connectivity index (χ4n) is 1.72. The second-order valence-electron chi connectivity index (χ2n) is 4.28. The normalized spacial score (nSPS) is 11.4. The molecule has 0 aliphatic heterocycles. The first-order valence-electron chi connectivity index (χ1n) is 5.86. The van der Waals surface area contributed by atoms with Crippen LogP contribution in [-0.4, -0.2) is 16.1 Å². The lowest BCUT2D eigenvalue weighted by atomic mass is 10.1. The molecule has 0 aliphatic carbocycles. The average molecular weight is 316 g/mol. The number of carbonyl (C=O) groups is 1. The van der Waals surface area contributed by atoms with Crippen molar-refractivity contribution in [3.05, 3.63) is 45.4 Å². The van der Waals surface area contributed by atoms with Gasteiger partial charge in [-0.2, -0.15) is 13.2 Å². The molecule has 0 bridgehead atoms. The molecular weight excluding hydrogens is 305 g/mol. The van der Waals surface area contributed by atoms with E-state index in [1.165, 1.54) is 11.3 Å². The Labute approximate surface area is 122 Å². The minimum absolute atomic E-state index is 0.142. The van der Waals surface area contributed by atoms with Gasteiger partial charge >= 0.3 is 12.1 Å². The molecule has 4 nitrogen and oxygen atoms in total. The summed E-state index contributed by atoms with van der Waals surface area (Å²) < 4.78 is 37.8. The third-order valence-corrected chi connectivity index (χ3v) is 3.80. The number of rotatable bonds is 4. The molecule has 1 aromatic carbocycles. The van der Waals surface area contributed by atoms with E-state index in [0.29, 0.717) is 12.6 Å². The highest BCUT2D eigenvalue weighted by Crippen LogP contribution is 2.32. The highest BCUT2D eigenvalue weighted by atomic mass is 32.1. The number of nitrogens with one attached hydrogen (secondary N) is 1. The average Bonchev–Trinajstić information content (AvgIpc) is 2.80. The second-order valence-corrected chi connectivity index (χ2v) is 5.22. The standard InChI is InChI=1S/C13H11F3N2O2S/c1-7-11(21-6-18-7)5-17-10-3-2-8(13(14,15)16)4-9(10)12(19)20/h2-4,6,17H,5H2,1H3,(H,19,20). The Balaban J connectivity index is 2.27. The topological polar surface area (TPSA) is 62.2 Å². The smallest absolute Gasteiger partial charge is 0.416 e. The van der Waals surface area contributed by atoms with E-state index in [0.717, 1.165) is 22.7 Å². The van der Waals surface area contributed by atoms with Gasteiger partial charge in [0.2, 0.25) is 0 Å². The number of hydrogen-bond acceptors (Lipinski definition) is 4. The Morgan fingerprint density at radius 1 is 1.43 bits per heavy atom. The SMILES string of the molecule is Cc1ncsc1CNc1ccc(C(F)(F)F)cc1C(=O)O. The molecule has 112 valence electrons. The Hall–Kier alpha value is -2.09. The van der Waals surface area contributed by atoms with E-state index < -0.39 is 23.3 Å². The highest BCUT2D eigenvalue weighted by Gasteiger charge is 2.31. The summed E-state index contributed by atoms with van der Waals surface area (Å²) in [6.07, 6.45) is -4.57. The van der Waals surface area contributed by atoms with Gasteiger partial charge in [-0.3, -0.25) is 0 Å². The number of alkyl halides is 3. The van der Waals surface area contributed by atoms with Crippen molar-refractivity contribution in [3.63, 3.8) is 0 Å². The summed E-state index contributed by atoms with van der Waals surface area (Å²) in [6, 6.07) is 2.61. The lowest BCUT2D eigenvalue weighted by Crippen LogP contribution is -2.11. The monoisotopic (exact) mass is 316 g/mol. The number of aromatic nitrogens is 1. The summed E-state index contributed by atoms with van der Waals surface area (Å²) in [4.78, 5) is 16.1. The van der Waals surface area contributed by atoms with Crippen LogP contribution in [0.2, 0.25) is 0 Å². The van der Waals surface area contributed by atoms with Gasteiger partial charge in [0.15, 0.2) is 0 Å². The van der Waals surface area contributed by atoms with Crippen molar-refractivity contribution in [2.45, 2.75) is 19.6 Å². The van der Waals surface area contributed by atoms with E-state index in [1.54, 1.807) is 12.4 Å². The minimum atomic E-state index is -4.57. The van der Waals surface area contributed by atoms with Crippen molar-refractivity contribution in [2.75, 3.05) is 5.32 Å². The number of benzene rings is 1. The second kappa shape index (κ2) is 5.72. The number of carboxylic acid groups (broad SMARTS) is 1. The summed E-state index contributed by atoms with van der Waals surface area (Å²) in [6.45, 7) is 2.11. The molecule has 0 spiro atoms. The Kier molecular flexibility index (Phi) is 4.17. The zero-order chi connectivity index (χ0) is 15.6. The molecule has 0 radical (unpaired) electrons. The fourth-order valence-corrected chi connectivity index (χ4v) is 2.44. The molecular formula is C13H11F3N2O2S. The zero-order valence-corrected chi connectivity index (χ0v) is 11.7. The molecule has 1 heterocycles. The van der Waals surface area contributed by atoms with Gasteiger partial charge in [0.1, 0.15) is 0 Å². The molecule has 0 aliphatic rings. The van der Waals surface area contributed by atoms with Crippen molar-refractivity contribution in [1.82, 2.24) is 4.98 Å². The Bertz CT molecular complexity index is 668. The predicted octanol–water partition coefficient (Wildman–Crippen LogP) is 3.78. The molecule has 1 aromatic heterocycles. The third kappa shape index (κ3) is 3.52. The quantitative estimate of drug-likeness (QED) is 0.901. The maximum atomic E-state index is 12.6. The number of hydrogen-bond donors (Lipinski definition) is 2. The molecule has 2 N–H and O–H groups in total. The summed E-state index contributed by atoms with van der Waals surface area (Å²) in [5.74, 6) is -1.41. The number of aromatic carboxylic acids is 1. The van der Waals surface area contributed by atoms with Crippen LogP contribution in [0.3, 0.4) is 0 Å². The van der Waals surface area contributed by atoms with Gasteiger partial charge in [-0.25, -0.2) is 9.78 Å². The summed E-state index contributed by atoms with van der Waals surface area (Å²) in [5.41, 5.74) is 1.20. The van der Waals surface area contributed by atoms with Crippen LogP contribution < -0.4 is 5.32 Å². The molecule has 0 amide bonds. The third-order valence-electron chi connectivity index (χ3n) is 2.86. The van der Waals surface area contributed by atoms with Crippen LogP contribution in [0.5, 0.6) is 0 Å². The predicted molar refractivity (Wildman–Crippen MR) is 72.6 cm³/mol. The first kappa shape index (κ1) is 15.3. The van der Waals surface area contributed by atoms with Gasteiger partial charge in [-0.15, -0.1) is 11.3 Å². The van der Waals surface area contributed by atoms with E-state index in [1.807, 2.05) is 0 Å². The van der Waals surface area contributed by atoms with Crippen LogP contribution >= 0.6 is 11.3 Å². The van der Waals surface area contributed by atoms with E-state index in [-0.39, 0.29) is 5.69 Å². The first-order valence-corrected chi connectivity index (χ1v) is 6.74. The van der Waals surface area contributed by atoms with Crippen molar-refractivity contribution in [3.8, 4) is 0 Å². The highest BCUT2D eigenvalue weighted by molar-refractivity contribution is 7.09. The fraction of sp³-hybridized carbons (Fsp3) is 0.231. The van der Waals surface area contributed by atoms with Crippen molar-refractivity contribution in [1.29, 1.82) is 0 Å². The van der Waals surface area contributed by atoms with Gasteiger partial charge in [0.05, 0.1) is 28.9 Å². The van der Waals surface area contributed by atoms with Gasteiger partial charge in [-0.1, -0.05) is 0 Å². The summed E-state index contributed by atoms with van der Waals surface area (Å²) in [5, 5.41) is 11.9. The number of thiazole rings is 1. The van der Waals surface area contributed by atoms with Crippen LogP contribution in [-0.2, 0) is 12.7 Å². The molecule has 8 heteroatoms. The number of carboxylic acids is 1. The zero-order valence-electron chi connectivity index (χ0n) is 10.9. The Morgan fingerprint density at radius 3 is 2.67 bits per heavy atom. The molecule has 0 fully saturated rings. The number of anilines is 1. The first-order chi connectivity index (χ1) is 9.79. The maximum Gasteiger partial charge on any atom is 0.416 e. The molecule has 2 rings (SSSR count). The number of aryl methyl sites for hydroxylation is 1. The van der Waals surface area contributed by atoms with Crippen LogP contribution in [0, 0.1) is 6.92 Å². The van der Waals surface area contributed by atoms with Crippen LogP contribution in [0.1, 0.15) is 26.5 Å². The van der Waals surface area contributed by atoms with Gasteiger partial charge in [0, 0.05) is 10.6 Å². The van der Waals surface area contributed by atoms with Crippen molar-refractivity contribution >= 4 is 23.0 Å².